The summed E-state index contributed by atoms with van der Waals surface area (Å²) in [6.45, 7) is 0.644. The molecule has 0 amide bonds. The molecule has 0 aromatic heterocycles. The largest absolute Gasteiger partial charge is 0.500 e. The highest BCUT2D eigenvalue weighted by molar-refractivity contribution is 6.60. The zero-order valence-corrected chi connectivity index (χ0v) is 8.42. The fraction of sp³-hybridized carbons (Fsp3) is 1.00. The first kappa shape index (κ1) is 14.8. The van der Waals surface area contributed by atoms with Gasteiger partial charge in [0.2, 0.25) is 0 Å². The van der Waals surface area contributed by atoms with E-state index in [-0.39, 0.29) is 11.0 Å². The lowest BCUT2D eigenvalue weighted by molar-refractivity contribution is 0.123. The van der Waals surface area contributed by atoms with E-state index in [0.29, 0.717) is 6.54 Å². The van der Waals surface area contributed by atoms with Crippen molar-refractivity contribution < 1.29 is 13.3 Å². The Hall–Kier alpha value is 0.274. The first-order valence-corrected chi connectivity index (χ1v) is 5.53. The SMILES string of the molecule is CO[Si](CCCN)(OC)OC.[SiH4]. The molecule has 0 aliphatic carbocycles. The fourth-order valence-corrected chi connectivity index (χ4v) is 2.62. The van der Waals surface area contributed by atoms with Crippen LogP contribution in [0.4, 0.5) is 0 Å². The van der Waals surface area contributed by atoms with E-state index in [2.05, 4.69) is 0 Å². The molecule has 2 N–H and O–H groups in total. The maximum Gasteiger partial charge on any atom is 0.500 e. The molecule has 12 heavy (non-hydrogen) atoms. The zero-order valence-electron chi connectivity index (χ0n) is 7.42. The summed E-state index contributed by atoms with van der Waals surface area (Å²) < 4.78 is 15.5. The Labute approximate surface area is 79.8 Å². The van der Waals surface area contributed by atoms with Crippen molar-refractivity contribution in [1.29, 1.82) is 0 Å². The van der Waals surface area contributed by atoms with Crippen molar-refractivity contribution in [3.8, 4) is 0 Å². The molecule has 0 aromatic rings. The Morgan fingerprint density at radius 3 is 1.75 bits per heavy atom. The number of hydrogen-bond acceptors (Lipinski definition) is 4. The van der Waals surface area contributed by atoms with Crippen LogP contribution in [0.3, 0.4) is 0 Å². The molecule has 0 spiro atoms. The van der Waals surface area contributed by atoms with Crippen LogP contribution in [0.2, 0.25) is 6.04 Å². The van der Waals surface area contributed by atoms with Crippen molar-refractivity contribution in [2.45, 2.75) is 12.5 Å². The van der Waals surface area contributed by atoms with E-state index >= 15 is 0 Å². The van der Waals surface area contributed by atoms with Crippen LogP contribution in [0, 0.1) is 0 Å². The molecule has 0 aliphatic rings. The van der Waals surface area contributed by atoms with E-state index in [0.717, 1.165) is 12.5 Å². The van der Waals surface area contributed by atoms with Gasteiger partial charge in [-0.3, -0.25) is 0 Å². The molecular weight excluding hydrogens is 190 g/mol. The third-order valence-corrected chi connectivity index (χ3v) is 4.45. The molecule has 0 fully saturated rings. The van der Waals surface area contributed by atoms with Gasteiger partial charge in [-0.2, -0.15) is 0 Å². The van der Waals surface area contributed by atoms with Crippen LogP contribution in [-0.4, -0.2) is 47.6 Å². The van der Waals surface area contributed by atoms with Crippen molar-refractivity contribution in [1.82, 2.24) is 0 Å². The van der Waals surface area contributed by atoms with Gasteiger partial charge in [0, 0.05) is 27.4 Å². The average molecular weight is 211 g/mol. The van der Waals surface area contributed by atoms with Gasteiger partial charge in [0.05, 0.1) is 0 Å². The third-order valence-electron chi connectivity index (χ3n) is 1.62. The summed E-state index contributed by atoms with van der Waals surface area (Å²) >= 11 is 0. The maximum absolute atomic E-state index is 5.36. The van der Waals surface area contributed by atoms with Gasteiger partial charge in [-0.05, 0) is 23.9 Å². The van der Waals surface area contributed by atoms with Crippen molar-refractivity contribution in [3.05, 3.63) is 0 Å². The van der Waals surface area contributed by atoms with E-state index in [4.69, 9.17) is 19.0 Å². The smallest absolute Gasteiger partial charge is 0.377 e. The van der Waals surface area contributed by atoms with Gasteiger partial charge in [0.25, 0.3) is 0 Å². The number of hydrogen-bond donors (Lipinski definition) is 1. The lowest BCUT2D eigenvalue weighted by Gasteiger charge is -2.23. The molecule has 0 saturated heterocycles. The highest BCUT2D eigenvalue weighted by atomic mass is 28.4. The van der Waals surface area contributed by atoms with Crippen LogP contribution in [0.15, 0.2) is 0 Å². The standard InChI is InChI=1S/C6H17NO3Si.H4Si/c1-8-11(9-2,10-3)6-4-5-7;/h4-7H2,1-3H3;1H4. The summed E-state index contributed by atoms with van der Waals surface area (Å²) in [4.78, 5) is 0. The van der Waals surface area contributed by atoms with Crippen LogP contribution < -0.4 is 5.73 Å². The van der Waals surface area contributed by atoms with E-state index in [9.17, 15) is 0 Å². The van der Waals surface area contributed by atoms with E-state index < -0.39 is 8.80 Å². The molecule has 4 nitrogen and oxygen atoms in total. The molecule has 0 bridgehead atoms. The highest BCUT2D eigenvalue weighted by Gasteiger charge is 2.36. The molecular formula is C6H21NO3Si2. The Bertz CT molecular complexity index is 92.5. The van der Waals surface area contributed by atoms with E-state index in [1.807, 2.05) is 0 Å². The van der Waals surface area contributed by atoms with Gasteiger partial charge in [-0.1, -0.05) is 0 Å². The van der Waals surface area contributed by atoms with Crippen molar-refractivity contribution in [2.75, 3.05) is 27.9 Å². The lowest BCUT2D eigenvalue weighted by Crippen LogP contribution is -2.42. The predicted molar refractivity (Wildman–Crippen MR) is 56.6 cm³/mol. The molecule has 76 valence electrons. The average Bonchev–Trinajstić information content (AvgIpc) is 2.08. The van der Waals surface area contributed by atoms with E-state index in [1.165, 1.54) is 0 Å². The first-order chi connectivity index (χ1) is 5.24. The maximum atomic E-state index is 5.36. The summed E-state index contributed by atoms with van der Waals surface area (Å²) in [5, 5.41) is 0. The monoisotopic (exact) mass is 211 g/mol. The Morgan fingerprint density at radius 1 is 1.08 bits per heavy atom. The molecule has 6 heteroatoms. The molecule has 0 aromatic carbocycles. The van der Waals surface area contributed by atoms with Crippen molar-refractivity contribution in [2.24, 2.45) is 5.73 Å². The molecule has 0 saturated carbocycles. The van der Waals surface area contributed by atoms with Gasteiger partial charge in [-0.25, -0.2) is 0 Å². The minimum atomic E-state index is -2.32. The quantitative estimate of drug-likeness (QED) is 0.559. The van der Waals surface area contributed by atoms with Gasteiger partial charge in [0.15, 0.2) is 0 Å². The Balaban J connectivity index is 0. The third kappa shape index (κ3) is 4.34. The minimum absolute atomic E-state index is 0. The van der Waals surface area contributed by atoms with Crippen LogP contribution in [0.25, 0.3) is 0 Å². The summed E-state index contributed by atoms with van der Waals surface area (Å²) in [5.74, 6) is 0. The fourth-order valence-electron chi connectivity index (χ4n) is 0.875. The molecule has 0 aliphatic heterocycles. The number of nitrogens with two attached hydrogens (primary N) is 1. The Morgan fingerprint density at radius 2 is 1.50 bits per heavy atom. The van der Waals surface area contributed by atoms with Gasteiger partial charge >= 0.3 is 8.80 Å². The van der Waals surface area contributed by atoms with Gasteiger partial charge in [-0.15, -0.1) is 0 Å². The van der Waals surface area contributed by atoms with Crippen molar-refractivity contribution in [3.63, 3.8) is 0 Å². The molecule has 0 unspecified atom stereocenters. The lowest BCUT2D eigenvalue weighted by atomic mass is 10.5. The summed E-state index contributed by atoms with van der Waals surface area (Å²) in [6.07, 6.45) is 0.877. The second kappa shape index (κ2) is 7.90. The molecule has 0 radical (unpaired) electrons. The Kier molecular flexibility index (Phi) is 9.73. The molecule has 0 rings (SSSR count). The van der Waals surface area contributed by atoms with Gasteiger partial charge < -0.3 is 19.0 Å². The highest BCUT2D eigenvalue weighted by Crippen LogP contribution is 2.13. The van der Waals surface area contributed by atoms with E-state index in [1.54, 1.807) is 21.3 Å². The second-order valence-electron chi connectivity index (χ2n) is 2.19. The predicted octanol–water partition coefficient (Wildman–Crippen LogP) is -1.24. The van der Waals surface area contributed by atoms with Crippen LogP contribution in [0.1, 0.15) is 6.42 Å². The molecule has 0 atom stereocenters. The second-order valence-corrected chi connectivity index (χ2v) is 5.28. The van der Waals surface area contributed by atoms with Crippen LogP contribution in [-0.2, 0) is 13.3 Å². The summed E-state index contributed by atoms with van der Waals surface area (Å²) in [6, 6.07) is 0.785. The number of rotatable bonds is 6. The topological polar surface area (TPSA) is 53.7 Å². The first-order valence-electron chi connectivity index (χ1n) is 3.60. The minimum Gasteiger partial charge on any atom is -0.377 e. The summed E-state index contributed by atoms with van der Waals surface area (Å²) in [5.41, 5.74) is 5.36. The van der Waals surface area contributed by atoms with Gasteiger partial charge in [0.1, 0.15) is 0 Å². The zero-order chi connectivity index (χ0) is 8.74. The van der Waals surface area contributed by atoms with Crippen molar-refractivity contribution >= 4 is 19.8 Å². The normalized spacial score (nSPS) is 11.0. The molecule has 0 heterocycles. The van der Waals surface area contributed by atoms with Crippen LogP contribution in [0.5, 0.6) is 0 Å². The van der Waals surface area contributed by atoms with Crippen LogP contribution >= 0.6 is 0 Å². The summed E-state index contributed by atoms with van der Waals surface area (Å²) in [7, 11) is 2.50.